The summed E-state index contributed by atoms with van der Waals surface area (Å²) < 4.78 is 0. The summed E-state index contributed by atoms with van der Waals surface area (Å²) in [5, 5.41) is 7.27. The van der Waals surface area contributed by atoms with Crippen LogP contribution in [0, 0.1) is 6.92 Å². The molecule has 0 unspecified atom stereocenters. The van der Waals surface area contributed by atoms with Crippen molar-refractivity contribution in [3.05, 3.63) is 35.2 Å². The number of aromatic nitrogens is 1. The second kappa shape index (κ2) is 7.20. The molecule has 0 saturated carbocycles. The molecule has 1 aromatic carbocycles. The van der Waals surface area contributed by atoms with Gasteiger partial charge >= 0.3 is 0 Å². The zero-order valence-corrected chi connectivity index (χ0v) is 13.1. The maximum atomic E-state index is 4.56. The zero-order chi connectivity index (χ0) is 14.4. The van der Waals surface area contributed by atoms with Crippen molar-refractivity contribution in [2.45, 2.75) is 40.0 Å². The Balaban J connectivity index is 2.00. The smallest absolute Gasteiger partial charge is 0.203 e. The second-order valence-electron chi connectivity index (χ2n) is 4.97. The van der Waals surface area contributed by atoms with E-state index in [9.17, 15) is 0 Å². The van der Waals surface area contributed by atoms with E-state index in [0.29, 0.717) is 0 Å². The molecule has 1 heterocycles. The van der Waals surface area contributed by atoms with Crippen LogP contribution in [0.3, 0.4) is 0 Å². The first-order valence-electron chi connectivity index (χ1n) is 7.00. The molecule has 0 atom stereocenters. The van der Waals surface area contributed by atoms with Crippen LogP contribution in [-0.4, -0.2) is 10.7 Å². The van der Waals surface area contributed by atoms with E-state index in [1.165, 1.54) is 18.4 Å². The summed E-state index contributed by atoms with van der Waals surface area (Å²) in [5.74, 6) is 0. The van der Waals surface area contributed by atoms with Crippen LogP contribution in [0.4, 0.5) is 5.13 Å². The van der Waals surface area contributed by atoms with E-state index in [1.54, 1.807) is 11.3 Å². The molecule has 0 aliphatic rings. The predicted octanol–water partition coefficient (Wildman–Crippen LogP) is 5.10. The summed E-state index contributed by atoms with van der Waals surface area (Å²) in [4.78, 5) is 4.56. The topological polar surface area (TPSA) is 37.3 Å². The van der Waals surface area contributed by atoms with Crippen LogP contribution in [0.25, 0.3) is 11.3 Å². The van der Waals surface area contributed by atoms with Crippen LogP contribution in [-0.2, 0) is 0 Å². The molecule has 2 rings (SSSR count). The first kappa shape index (κ1) is 14.7. The van der Waals surface area contributed by atoms with Crippen LogP contribution < -0.4 is 5.43 Å². The molecule has 20 heavy (non-hydrogen) atoms. The Morgan fingerprint density at radius 2 is 2.05 bits per heavy atom. The minimum Gasteiger partial charge on any atom is -0.253 e. The fourth-order valence-electron chi connectivity index (χ4n) is 1.81. The SMILES string of the molecule is CCCC/C(C)=N/Nc1nc(-c2ccc(C)cc2)cs1. The van der Waals surface area contributed by atoms with E-state index in [4.69, 9.17) is 0 Å². The third kappa shape index (κ3) is 4.17. The van der Waals surface area contributed by atoms with Crippen molar-refractivity contribution in [1.29, 1.82) is 0 Å². The third-order valence-electron chi connectivity index (χ3n) is 3.09. The Morgan fingerprint density at radius 3 is 2.75 bits per heavy atom. The summed E-state index contributed by atoms with van der Waals surface area (Å²) in [6.07, 6.45) is 3.42. The van der Waals surface area contributed by atoms with Crippen LogP contribution in [0.1, 0.15) is 38.7 Å². The van der Waals surface area contributed by atoms with Crippen molar-refractivity contribution in [1.82, 2.24) is 4.98 Å². The van der Waals surface area contributed by atoms with Gasteiger partial charge < -0.3 is 0 Å². The molecular formula is C16H21N3S. The summed E-state index contributed by atoms with van der Waals surface area (Å²) >= 11 is 1.59. The van der Waals surface area contributed by atoms with Crippen molar-refractivity contribution >= 4 is 22.2 Å². The van der Waals surface area contributed by atoms with Gasteiger partial charge in [-0.2, -0.15) is 5.10 Å². The Bertz CT molecular complexity index is 570. The maximum Gasteiger partial charge on any atom is 0.203 e. The summed E-state index contributed by atoms with van der Waals surface area (Å²) in [6, 6.07) is 8.41. The zero-order valence-electron chi connectivity index (χ0n) is 12.3. The highest BCUT2D eigenvalue weighted by Crippen LogP contribution is 2.25. The fourth-order valence-corrected chi connectivity index (χ4v) is 2.48. The first-order valence-corrected chi connectivity index (χ1v) is 7.88. The Labute approximate surface area is 124 Å². The van der Waals surface area contributed by atoms with E-state index < -0.39 is 0 Å². The van der Waals surface area contributed by atoms with Gasteiger partial charge in [0.25, 0.3) is 0 Å². The molecular weight excluding hydrogens is 266 g/mol. The minimum atomic E-state index is 0.844. The number of hydrogen-bond donors (Lipinski definition) is 1. The minimum absolute atomic E-state index is 0.844. The van der Waals surface area contributed by atoms with Gasteiger partial charge in [0.2, 0.25) is 5.13 Å². The molecule has 0 aliphatic carbocycles. The Morgan fingerprint density at radius 1 is 1.30 bits per heavy atom. The van der Waals surface area contributed by atoms with Gasteiger partial charge in [-0.3, -0.25) is 5.43 Å². The van der Waals surface area contributed by atoms with Gasteiger partial charge in [-0.05, 0) is 26.7 Å². The molecule has 3 nitrogen and oxygen atoms in total. The van der Waals surface area contributed by atoms with Gasteiger partial charge in [-0.1, -0.05) is 43.2 Å². The number of rotatable bonds is 6. The molecule has 1 N–H and O–H groups in total. The molecule has 106 valence electrons. The first-order chi connectivity index (χ1) is 9.69. The van der Waals surface area contributed by atoms with E-state index in [2.05, 4.69) is 65.9 Å². The molecule has 0 fully saturated rings. The lowest BCUT2D eigenvalue weighted by Gasteiger charge is -1.99. The van der Waals surface area contributed by atoms with Crippen molar-refractivity contribution in [2.75, 3.05) is 5.43 Å². The number of nitrogens with zero attached hydrogens (tertiary/aromatic N) is 2. The highest BCUT2D eigenvalue weighted by Gasteiger charge is 2.03. The Hall–Kier alpha value is -1.68. The summed E-state index contributed by atoms with van der Waals surface area (Å²) in [7, 11) is 0. The number of anilines is 1. The number of aryl methyl sites for hydroxylation is 1. The second-order valence-corrected chi connectivity index (χ2v) is 5.82. The van der Waals surface area contributed by atoms with Gasteiger partial charge in [0.1, 0.15) is 0 Å². The van der Waals surface area contributed by atoms with Crippen LogP contribution in [0.2, 0.25) is 0 Å². The number of hydrogen-bond acceptors (Lipinski definition) is 4. The van der Waals surface area contributed by atoms with Crippen molar-refractivity contribution < 1.29 is 0 Å². The van der Waals surface area contributed by atoms with Gasteiger partial charge in [0, 0.05) is 16.7 Å². The highest BCUT2D eigenvalue weighted by atomic mass is 32.1. The molecule has 0 spiro atoms. The molecule has 0 aliphatic heterocycles. The van der Waals surface area contributed by atoms with Gasteiger partial charge in [0.15, 0.2) is 0 Å². The standard InChI is InChI=1S/C16H21N3S/c1-4-5-6-13(3)18-19-16-17-15(11-20-16)14-9-7-12(2)8-10-14/h7-11H,4-6H2,1-3H3,(H,17,19)/b18-13+. The number of unbranched alkanes of at least 4 members (excludes halogenated alkanes) is 1. The van der Waals surface area contributed by atoms with E-state index in [-0.39, 0.29) is 0 Å². The molecule has 0 bridgehead atoms. The predicted molar refractivity (Wildman–Crippen MR) is 88.5 cm³/mol. The number of hydrazone groups is 1. The Kier molecular flexibility index (Phi) is 5.30. The van der Waals surface area contributed by atoms with E-state index in [0.717, 1.165) is 28.5 Å². The van der Waals surface area contributed by atoms with Gasteiger partial charge in [-0.25, -0.2) is 4.98 Å². The normalized spacial score (nSPS) is 11.7. The average molecular weight is 287 g/mol. The molecule has 0 saturated heterocycles. The van der Waals surface area contributed by atoms with Crippen LogP contribution >= 0.6 is 11.3 Å². The monoisotopic (exact) mass is 287 g/mol. The molecule has 1 aromatic heterocycles. The third-order valence-corrected chi connectivity index (χ3v) is 3.83. The van der Waals surface area contributed by atoms with E-state index in [1.807, 2.05) is 0 Å². The van der Waals surface area contributed by atoms with E-state index >= 15 is 0 Å². The molecule has 0 amide bonds. The van der Waals surface area contributed by atoms with Crippen LogP contribution in [0.15, 0.2) is 34.7 Å². The van der Waals surface area contributed by atoms with Crippen LogP contribution in [0.5, 0.6) is 0 Å². The summed E-state index contributed by atoms with van der Waals surface area (Å²) in [5.41, 5.74) is 7.58. The van der Waals surface area contributed by atoms with Gasteiger partial charge in [0.05, 0.1) is 5.69 Å². The lowest BCUT2D eigenvalue weighted by atomic mass is 10.1. The number of benzene rings is 1. The molecule has 4 heteroatoms. The summed E-state index contributed by atoms with van der Waals surface area (Å²) in [6.45, 7) is 6.33. The number of thiazole rings is 1. The van der Waals surface area contributed by atoms with Crippen molar-refractivity contribution in [3.63, 3.8) is 0 Å². The quantitative estimate of drug-likeness (QED) is 0.593. The molecule has 0 radical (unpaired) electrons. The lowest BCUT2D eigenvalue weighted by molar-refractivity contribution is 0.832. The van der Waals surface area contributed by atoms with Crippen molar-refractivity contribution in [3.8, 4) is 11.3 Å². The largest absolute Gasteiger partial charge is 0.253 e. The lowest BCUT2D eigenvalue weighted by Crippen LogP contribution is -1.97. The molecule has 2 aromatic rings. The van der Waals surface area contributed by atoms with Gasteiger partial charge in [-0.15, -0.1) is 11.3 Å². The highest BCUT2D eigenvalue weighted by molar-refractivity contribution is 7.14. The van der Waals surface area contributed by atoms with Crippen molar-refractivity contribution in [2.24, 2.45) is 5.10 Å². The average Bonchev–Trinajstić information content (AvgIpc) is 2.92. The fraction of sp³-hybridized carbons (Fsp3) is 0.375. The maximum absolute atomic E-state index is 4.56. The number of nitrogens with one attached hydrogen (secondary N) is 1.